The highest BCUT2D eigenvalue weighted by Gasteiger charge is 2.31. The number of rotatable bonds is 2. The van der Waals surface area contributed by atoms with Gasteiger partial charge >= 0.3 is 6.18 Å². The topological polar surface area (TPSA) is 36.4 Å². The van der Waals surface area contributed by atoms with Crippen LogP contribution in [-0.4, -0.2) is 42.0 Å². The molecule has 0 N–H and O–H groups in total. The molecule has 9 heteroatoms. The van der Waals surface area contributed by atoms with Crippen molar-refractivity contribution in [2.45, 2.75) is 6.18 Å². The number of halogens is 5. The first-order valence-electron chi connectivity index (χ1n) is 7.78. The number of carbonyl (C=O) groups excluding carboxylic acids is 1. The Labute approximate surface area is 158 Å². The zero-order chi connectivity index (χ0) is 18.9. The third-order valence-corrected chi connectivity index (χ3v) is 4.60. The van der Waals surface area contributed by atoms with Crippen LogP contribution >= 0.6 is 23.2 Å². The van der Waals surface area contributed by atoms with E-state index in [-0.39, 0.29) is 11.5 Å². The number of hydrogen-bond donors (Lipinski definition) is 0. The molecule has 0 radical (unpaired) electrons. The van der Waals surface area contributed by atoms with E-state index in [4.69, 9.17) is 23.2 Å². The summed E-state index contributed by atoms with van der Waals surface area (Å²) in [6.07, 6.45) is -2.92. The molecule has 1 aliphatic rings. The van der Waals surface area contributed by atoms with Crippen LogP contribution in [0.3, 0.4) is 0 Å². The average Bonchev–Trinajstić information content (AvgIpc) is 2.61. The van der Waals surface area contributed by atoms with Crippen LogP contribution in [0.1, 0.15) is 15.9 Å². The van der Waals surface area contributed by atoms with Gasteiger partial charge in [0.15, 0.2) is 0 Å². The lowest BCUT2D eigenvalue weighted by Crippen LogP contribution is -2.49. The van der Waals surface area contributed by atoms with E-state index in [0.717, 1.165) is 12.1 Å². The highest BCUT2D eigenvalue weighted by Crippen LogP contribution is 2.30. The van der Waals surface area contributed by atoms with Gasteiger partial charge in [-0.05, 0) is 30.3 Å². The zero-order valence-electron chi connectivity index (χ0n) is 13.4. The fourth-order valence-corrected chi connectivity index (χ4v) is 3.25. The predicted molar refractivity (Wildman–Crippen MR) is 93.8 cm³/mol. The van der Waals surface area contributed by atoms with Crippen molar-refractivity contribution in [1.82, 2.24) is 9.88 Å². The maximum atomic E-state index is 12.6. The number of alkyl halides is 3. The van der Waals surface area contributed by atoms with Crippen molar-refractivity contribution in [3.63, 3.8) is 0 Å². The molecule has 138 valence electrons. The molecule has 1 amide bonds. The summed E-state index contributed by atoms with van der Waals surface area (Å²) < 4.78 is 37.8. The van der Waals surface area contributed by atoms with E-state index >= 15 is 0 Å². The zero-order valence-corrected chi connectivity index (χ0v) is 14.9. The van der Waals surface area contributed by atoms with Crippen LogP contribution in [0.4, 0.5) is 19.0 Å². The molecule has 1 fully saturated rings. The Bertz CT molecular complexity index is 804. The first-order chi connectivity index (χ1) is 12.3. The van der Waals surface area contributed by atoms with E-state index in [2.05, 4.69) is 4.98 Å². The van der Waals surface area contributed by atoms with E-state index < -0.39 is 11.7 Å². The molecule has 1 aliphatic heterocycles. The summed E-state index contributed by atoms with van der Waals surface area (Å²) in [5.74, 6) is 0.297. The van der Waals surface area contributed by atoms with Crippen molar-refractivity contribution in [1.29, 1.82) is 0 Å². The quantitative estimate of drug-likeness (QED) is 0.746. The fourth-order valence-electron chi connectivity index (χ4n) is 2.75. The van der Waals surface area contributed by atoms with Gasteiger partial charge in [-0.1, -0.05) is 23.2 Å². The van der Waals surface area contributed by atoms with Crippen LogP contribution in [0, 0.1) is 0 Å². The van der Waals surface area contributed by atoms with Crippen LogP contribution in [-0.2, 0) is 6.18 Å². The Morgan fingerprint density at radius 3 is 2.19 bits per heavy atom. The number of nitrogens with zero attached hydrogens (tertiary/aromatic N) is 3. The van der Waals surface area contributed by atoms with Crippen LogP contribution < -0.4 is 4.90 Å². The van der Waals surface area contributed by atoms with E-state index in [9.17, 15) is 18.0 Å². The molecule has 2 heterocycles. The lowest BCUT2D eigenvalue weighted by atomic mass is 10.1. The Morgan fingerprint density at radius 1 is 1.04 bits per heavy atom. The van der Waals surface area contributed by atoms with Gasteiger partial charge < -0.3 is 9.80 Å². The van der Waals surface area contributed by atoms with Gasteiger partial charge in [0.25, 0.3) is 5.91 Å². The molecule has 1 aromatic heterocycles. The number of amides is 1. The molecule has 0 aliphatic carbocycles. The molecule has 3 rings (SSSR count). The number of anilines is 1. The molecule has 0 unspecified atom stereocenters. The highest BCUT2D eigenvalue weighted by atomic mass is 35.5. The minimum atomic E-state index is -4.42. The van der Waals surface area contributed by atoms with Crippen molar-refractivity contribution in [2.24, 2.45) is 0 Å². The lowest BCUT2D eigenvalue weighted by Gasteiger charge is -2.35. The van der Waals surface area contributed by atoms with Crippen LogP contribution in [0.5, 0.6) is 0 Å². The molecule has 0 spiro atoms. The predicted octanol–water partition coefficient (Wildman–Crippen LogP) is 4.37. The van der Waals surface area contributed by atoms with Gasteiger partial charge in [0.05, 0.1) is 15.6 Å². The molecule has 4 nitrogen and oxygen atoms in total. The number of carbonyl (C=O) groups is 1. The van der Waals surface area contributed by atoms with Crippen LogP contribution in [0.2, 0.25) is 10.0 Å². The normalized spacial score (nSPS) is 15.3. The van der Waals surface area contributed by atoms with Gasteiger partial charge in [0.2, 0.25) is 0 Å². The van der Waals surface area contributed by atoms with Gasteiger partial charge in [-0.25, -0.2) is 4.98 Å². The maximum absolute atomic E-state index is 12.6. The third kappa shape index (κ3) is 4.04. The van der Waals surface area contributed by atoms with Crippen molar-refractivity contribution in [3.8, 4) is 0 Å². The summed E-state index contributed by atoms with van der Waals surface area (Å²) in [7, 11) is 0. The summed E-state index contributed by atoms with van der Waals surface area (Å²) in [6.45, 7) is 1.86. The Morgan fingerprint density at radius 2 is 1.65 bits per heavy atom. The SMILES string of the molecule is O=C(c1ccc(C(F)(F)F)cc1)N1CCN(c2ncc(Cl)cc2Cl)CC1. The lowest BCUT2D eigenvalue weighted by molar-refractivity contribution is -0.137. The Kier molecular flexibility index (Phi) is 5.29. The van der Waals surface area contributed by atoms with E-state index in [1.165, 1.54) is 18.3 Å². The number of piperazine rings is 1. The Balaban J connectivity index is 1.65. The average molecular weight is 404 g/mol. The van der Waals surface area contributed by atoms with Crippen LogP contribution in [0.15, 0.2) is 36.5 Å². The number of aromatic nitrogens is 1. The largest absolute Gasteiger partial charge is 0.416 e. The standard InChI is InChI=1S/C17H14Cl2F3N3O/c18-13-9-14(19)15(23-10-13)24-5-7-25(8-6-24)16(26)11-1-3-12(4-2-11)17(20,21)22/h1-4,9-10H,5-8H2. The maximum Gasteiger partial charge on any atom is 0.416 e. The van der Waals surface area contributed by atoms with Gasteiger partial charge in [0.1, 0.15) is 5.82 Å². The number of pyridine rings is 1. The van der Waals surface area contributed by atoms with E-state index in [0.29, 0.717) is 42.0 Å². The van der Waals surface area contributed by atoms with Crippen LogP contribution in [0.25, 0.3) is 0 Å². The Hall–Kier alpha value is -1.99. The second-order valence-corrected chi connectivity index (χ2v) is 6.66. The van der Waals surface area contributed by atoms with Crippen molar-refractivity contribution < 1.29 is 18.0 Å². The molecule has 0 saturated carbocycles. The van der Waals surface area contributed by atoms with Crippen molar-refractivity contribution in [3.05, 3.63) is 57.7 Å². The number of benzene rings is 1. The minimum absolute atomic E-state index is 0.231. The molecule has 2 aromatic rings. The van der Waals surface area contributed by atoms with Crippen molar-refractivity contribution >= 4 is 34.9 Å². The van der Waals surface area contributed by atoms with Gasteiger partial charge in [-0.2, -0.15) is 13.2 Å². The number of hydrogen-bond acceptors (Lipinski definition) is 3. The fraction of sp³-hybridized carbons (Fsp3) is 0.294. The first kappa shape index (κ1) is 18.8. The third-order valence-electron chi connectivity index (χ3n) is 4.11. The molecule has 1 saturated heterocycles. The summed E-state index contributed by atoms with van der Waals surface area (Å²) >= 11 is 12.0. The summed E-state index contributed by atoms with van der Waals surface area (Å²) in [5.41, 5.74) is -0.545. The molecule has 1 aromatic carbocycles. The molecule has 0 atom stereocenters. The molecular formula is C17H14Cl2F3N3O. The summed E-state index contributed by atoms with van der Waals surface area (Å²) in [6, 6.07) is 5.84. The second-order valence-electron chi connectivity index (χ2n) is 5.81. The van der Waals surface area contributed by atoms with Crippen molar-refractivity contribution in [2.75, 3.05) is 31.1 Å². The first-order valence-corrected chi connectivity index (χ1v) is 8.54. The van der Waals surface area contributed by atoms with Gasteiger partial charge in [-0.3, -0.25) is 4.79 Å². The van der Waals surface area contributed by atoms with Gasteiger partial charge in [0, 0.05) is 37.9 Å². The molecule has 26 heavy (non-hydrogen) atoms. The summed E-state index contributed by atoms with van der Waals surface area (Å²) in [4.78, 5) is 20.2. The van der Waals surface area contributed by atoms with E-state index in [1.54, 1.807) is 11.0 Å². The minimum Gasteiger partial charge on any atom is -0.352 e. The van der Waals surface area contributed by atoms with E-state index in [1.807, 2.05) is 4.90 Å². The highest BCUT2D eigenvalue weighted by molar-refractivity contribution is 6.36. The second kappa shape index (κ2) is 7.32. The smallest absolute Gasteiger partial charge is 0.352 e. The van der Waals surface area contributed by atoms with Gasteiger partial charge in [-0.15, -0.1) is 0 Å². The monoisotopic (exact) mass is 403 g/mol. The summed E-state index contributed by atoms with van der Waals surface area (Å²) in [5, 5.41) is 0.870. The molecule has 0 bridgehead atoms. The molecular weight excluding hydrogens is 390 g/mol.